The highest BCUT2D eigenvalue weighted by Gasteiger charge is 2.28. The number of ether oxygens (including phenoxy) is 1. The van der Waals surface area contributed by atoms with E-state index in [-0.39, 0.29) is 18.1 Å². The molecule has 1 fully saturated rings. The van der Waals surface area contributed by atoms with Gasteiger partial charge in [0.05, 0.1) is 6.10 Å². The molecule has 0 aliphatic carbocycles. The highest BCUT2D eigenvalue weighted by molar-refractivity contribution is 5.80. The van der Waals surface area contributed by atoms with Gasteiger partial charge < -0.3 is 15.8 Å². The number of nitrogens with two attached hydrogens (primary N) is 1. The maximum atomic E-state index is 11.0. The third-order valence-electron chi connectivity index (χ3n) is 1.91. The number of nitrogens with one attached hydrogen (secondary N) is 1. The van der Waals surface area contributed by atoms with E-state index in [4.69, 9.17) is 10.5 Å². The number of likely N-dealkylation sites (N-methyl/N-ethyl adjacent to an activating group) is 1. The lowest BCUT2D eigenvalue weighted by Crippen LogP contribution is -2.32. The van der Waals surface area contributed by atoms with Crippen LogP contribution in [0.5, 0.6) is 0 Å². The average Bonchev–Trinajstić information content (AvgIpc) is 2.50. The molecule has 4 heteroatoms. The van der Waals surface area contributed by atoms with Crippen LogP contribution in [-0.2, 0) is 9.53 Å². The van der Waals surface area contributed by atoms with Gasteiger partial charge >= 0.3 is 0 Å². The number of hydrogen-bond acceptors (Lipinski definition) is 3. The molecular weight excluding hydrogens is 144 g/mol. The molecule has 0 spiro atoms. The highest BCUT2D eigenvalue weighted by atomic mass is 16.5. The summed E-state index contributed by atoms with van der Waals surface area (Å²) in [6.07, 6.45) is 1.50. The molecule has 1 aliphatic rings. The van der Waals surface area contributed by atoms with E-state index in [1.807, 2.05) is 0 Å². The molecular formula is C7H14N2O2. The Morgan fingerprint density at radius 3 is 2.91 bits per heavy atom. The Labute approximate surface area is 66.1 Å². The minimum Gasteiger partial charge on any atom is -0.364 e. The molecule has 0 aromatic heterocycles. The molecule has 1 rings (SSSR count). The Morgan fingerprint density at radius 2 is 2.45 bits per heavy atom. The summed E-state index contributed by atoms with van der Waals surface area (Å²) < 4.78 is 5.33. The van der Waals surface area contributed by atoms with Crippen molar-refractivity contribution in [2.45, 2.75) is 25.0 Å². The van der Waals surface area contributed by atoms with Crippen molar-refractivity contribution in [1.82, 2.24) is 5.32 Å². The van der Waals surface area contributed by atoms with Crippen LogP contribution in [0.2, 0.25) is 0 Å². The van der Waals surface area contributed by atoms with Gasteiger partial charge in [0, 0.05) is 13.6 Å². The molecule has 0 aromatic rings. The molecule has 1 aliphatic heterocycles. The zero-order chi connectivity index (χ0) is 8.27. The van der Waals surface area contributed by atoms with E-state index in [0.717, 1.165) is 12.8 Å². The van der Waals surface area contributed by atoms with Crippen molar-refractivity contribution in [3.8, 4) is 0 Å². The second-order valence-electron chi connectivity index (χ2n) is 2.67. The zero-order valence-corrected chi connectivity index (χ0v) is 6.67. The summed E-state index contributed by atoms with van der Waals surface area (Å²) in [7, 11) is 1.61. The summed E-state index contributed by atoms with van der Waals surface area (Å²) in [5.41, 5.74) is 5.38. The SMILES string of the molecule is CNC(=O)[C@@H]1CCC(CN)O1. The fraction of sp³-hybridized carbons (Fsp3) is 0.857. The van der Waals surface area contributed by atoms with Crippen molar-refractivity contribution < 1.29 is 9.53 Å². The highest BCUT2D eigenvalue weighted by Crippen LogP contribution is 2.18. The maximum absolute atomic E-state index is 11.0. The summed E-state index contributed by atoms with van der Waals surface area (Å²) in [6, 6.07) is 0. The molecule has 0 aromatic carbocycles. The summed E-state index contributed by atoms with van der Waals surface area (Å²) in [4.78, 5) is 11.0. The molecule has 1 unspecified atom stereocenters. The minimum atomic E-state index is -0.270. The molecule has 1 amide bonds. The molecule has 0 saturated carbocycles. The monoisotopic (exact) mass is 158 g/mol. The van der Waals surface area contributed by atoms with Crippen molar-refractivity contribution in [2.75, 3.05) is 13.6 Å². The normalized spacial score (nSPS) is 30.4. The van der Waals surface area contributed by atoms with Gasteiger partial charge in [-0.15, -0.1) is 0 Å². The van der Waals surface area contributed by atoms with Crippen LogP contribution in [0.3, 0.4) is 0 Å². The average molecular weight is 158 g/mol. The molecule has 2 atom stereocenters. The number of carbonyl (C=O) groups is 1. The lowest BCUT2D eigenvalue weighted by molar-refractivity contribution is -0.131. The first-order valence-corrected chi connectivity index (χ1v) is 3.85. The molecule has 0 radical (unpaired) electrons. The Kier molecular flexibility index (Phi) is 2.84. The van der Waals surface area contributed by atoms with Crippen LogP contribution in [0.1, 0.15) is 12.8 Å². The van der Waals surface area contributed by atoms with Gasteiger partial charge in [-0.25, -0.2) is 0 Å². The first-order chi connectivity index (χ1) is 5.27. The number of amides is 1. The summed E-state index contributed by atoms with van der Waals surface area (Å²) in [6.45, 7) is 0.507. The lowest BCUT2D eigenvalue weighted by Gasteiger charge is -2.09. The van der Waals surface area contributed by atoms with E-state index < -0.39 is 0 Å². The molecule has 64 valence electrons. The van der Waals surface area contributed by atoms with Crippen LogP contribution >= 0.6 is 0 Å². The fourth-order valence-corrected chi connectivity index (χ4v) is 1.23. The number of hydrogen-bond donors (Lipinski definition) is 2. The minimum absolute atomic E-state index is 0.0408. The molecule has 0 bridgehead atoms. The topological polar surface area (TPSA) is 64.4 Å². The molecule has 11 heavy (non-hydrogen) atoms. The van der Waals surface area contributed by atoms with E-state index >= 15 is 0 Å². The van der Waals surface area contributed by atoms with Crippen molar-refractivity contribution in [3.63, 3.8) is 0 Å². The smallest absolute Gasteiger partial charge is 0.248 e. The molecule has 1 heterocycles. The van der Waals surface area contributed by atoms with Crippen LogP contribution in [0.25, 0.3) is 0 Å². The van der Waals surface area contributed by atoms with Crippen molar-refractivity contribution in [3.05, 3.63) is 0 Å². The second-order valence-corrected chi connectivity index (χ2v) is 2.67. The van der Waals surface area contributed by atoms with Crippen LogP contribution in [0.15, 0.2) is 0 Å². The van der Waals surface area contributed by atoms with Gasteiger partial charge in [0.2, 0.25) is 5.91 Å². The fourth-order valence-electron chi connectivity index (χ4n) is 1.23. The van der Waals surface area contributed by atoms with Crippen LogP contribution in [0.4, 0.5) is 0 Å². The van der Waals surface area contributed by atoms with Crippen LogP contribution in [-0.4, -0.2) is 31.7 Å². The molecule has 4 nitrogen and oxygen atoms in total. The Balaban J connectivity index is 2.35. The van der Waals surface area contributed by atoms with E-state index in [1.54, 1.807) is 7.05 Å². The van der Waals surface area contributed by atoms with E-state index in [0.29, 0.717) is 6.54 Å². The second kappa shape index (κ2) is 3.69. The number of carbonyl (C=O) groups excluding carboxylic acids is 1. The van der Waals surface area contributed by atoms with Crippen molar-refractivity contribution in [2.24, 2.45) is 5.73 Å². The Bertz CT molecular complexity index is 149. The number of rotatable bonds is 2. The quantitative estimate of drug-likeness (QED) is 0.555. The first-order valence-electron chi connectivity index (χ1n) is 3.85. The van der Waals surface area contributed by atoms with Gasteiger partial charge in [-0.1, -0.05) is 0 Å². The predicted octanol–water partition coefficient (Wildman–Crippen LogP) is -0.761. The van der Waals surface area contributed by atoms with Crippen LogP contribution in [0, 0.1) is 0 Å². The first kappa shape index (κ1) is 8.49. The third-order valence-corrected chi connectivity index (χ3v) is 1.91. The summed E-state index contributed by atoms with van der Waals surface area (Å²) >= 11 is 0. The van der Waals surface area contributed by atoms with E-state index in [9.17, 15) is 4.79 Å². The summed E-state index contributed by atoms with van der Waals surface area (Å²) in [5, 5.41) is 2.55. The van der Waals surface area contributed by atoms with Gasteiger partial charge in [-0.3, -0.25) is 4.79 Å². The van der Waals surface area contributed by atoms with E-state index in [2.05, 4.69) is 5.32 Å². The largest absolute Gasteiger partial charge is 0.364 e. The maximum Gasteiger partial charge on any atom is 0.248 e. The molecule has 3 N–H and O–H groups in total. The zero-order valence-electron chi connectivity index (χ0n) is 6.67. The Morgan fingerprint density at radius 1 is 1.73 bits per heavy atom. The van der Waals surface area contributed by atoms with Gasteiger partial charge in [-0.05, 0) is 12.8 Å². The van der Waals surface area contributed by atoms with Crippen molar-refractivity contribution in [1.29, 1.82) is 0 Å². The van der Waals surface area contributed by atoms with Gasteiger partial charge in [0.15, 0.2) is 0 Å². The standard InChI is InChI=1S/C7H14N2O2/c1-9-7(10)6-3-2-5(4-8)11-6/h5-6H,2-4,8H2,1H3,(H,9,10)/t5?,6-/m0/s1. The summed E-state index contributed by atoms with van der Waals surface area (Å²) in [5.74, 6) is -0.0408. The van der Waals surface area contributed by atoms with E-state index in [1.165, 1.54) is 0 Å². The van der Waals surface area contributed by atoms with Crippen LogP contribution < -0.4 is 11.1 Å². The van der Waals surface area contributed by atoms with Crippen molar-refractivity contribution >= 4 is 5.91 Å². The van der Waals surface area contributed by atoms with Gasteiger partial charge in [0.25, 0.3) is 0 Å². The van der Waals surface area contributed by atoms with Gasteiger partial charge in [-0.2, -0.15) is 0 Å². The third kappa shape index (κ3) is 1.91. The lowest BCUT2D eigenvalue weighted by atomic mass is 10.2. The Hall–Kier alpha value is -0.610. The predicted molar refractivity (Wildman–Crippen MR) is 41.0 cm³/mol. The molecule has 1 saturated heterocycles. The van der Waals surface area contributed by atoms with Gasteiger partial charge in [0.1, 0.15) is 6.10 Å².